The van der Waals surface area contributed by atoms with E-state index in [9.17, 15) is 4.79 Å². The van der Waals surface area contributed by atoms with Gasteiger partial charge in [-0.05, 0) is 49.7 Å². The Morgan fingerprint density at radius 1 is 1.29 bits per heavy atom. The average molecular weight is 286 g/mol. The first-order valence-electron chi connectivity index (χ1n) is 8.32. The summed E-state index contributed by atoms with van der Waals surface area (Å²) in [5.41, 5.74) is 2.63. The van der Waals surface area contributed by atoms with E-state index < -0.39 is 0 Å². The van der Waals surface area contributed by atoms with Gasteiger partial charge in [0, 0.05) is 12.6 Å². The van der Waals surface area contributed by atoms with Crippen LogP contribution in [-0.2, 0) is 11.2 Å². The minimum Gasteiger partial charge on any atom is -0.354 e. The molecule has 3 rings (SSSR count). The van der Waals surface area contributed by atoms with Crippen molar-refractivity contribution in [2.75, 3.05) is 6.54 Å². The van der Waals surface area contributed by atoms with E-state index in [4.69, 9.17) is 0 Å². The Hall–Kier alpha value is -1.35. The SMILES string of the molecule is Cc1ccccc1CCNC(=O)C1CC2CCCCC2N1. The van der Waals surface area contributed by atoms with Gasteiger partial charge in [0.05, 0.1) is 6.04 Å². The molecule has 2 fully saturated rings. The fourth-order valence-electron chi connectivity index (χ4n) is 3.86. The lowest BCUT2D eigenvalue weighted by molar-refractivity contribution is -0.122. The van der Waals surface area contributed by atoms with Crippen LogP contribution in [0.4, 0.5) is 0 Å². The molecule has 3 unspecified atom stereocenters. The zero-order valence-electron chi connectivity index (χ0n) is 12.9. The molecule has 1 aliphatic carbocycles. The standard InChI is InChI=1S/C18H26N2O/c1-13-6-2-3-7-14(13)10-11-19-18(21)17-12-15-8-4-5-9-16(15)20-17/h2-3,6-7,15-17,20H,4-5,8-12H2,1H3,(H,19,21). The van der Waals surface area contributed by atoms with E-state index in [-0.39, 0.29) is 11.9 Å². The highest BCUT2D eigenvalue weighted by atomic mass is 16.2. The summed E-state index contributed by atoms with van der Waals surface area (Å²) in [7, 11) is 0. The molecule has 0 spiro atoms. The van der Waals surface area contributed by atoms with E-state index in [0.29, 0.717) is 6.04 Å². The van der Waals surface area contributed by atoms with Crippen LogP contribution in [0.2, 0.25) is 0 Å². The Morgan fingerprint density at radius 3 is 2.90 bits per heavy atom. The maximum atomic E-state index is 12.3. The largest absolute Gasteiger partial charge is 0.354 e. The van der Waals surface area contributed by atoms with Crippen molar-refractivity contribution < 1.29 is 4.79 Å². The van der Waals surface area contributed by atoms with E-state index in [1.807, 2.05) is 0 Å². The second kappa shape index (κ2) is 6.61. The number of hydrogen-bond donors (Lipinski definition) is 2. The summed E-state index contributed by atoms with van der Waals surface area (Å²) in [6, 6.07) is 9.01. The van der Waals surface area contributed by atoms with Gasteiger partial charge in [-0.15, -0.1) is 0 Å². The summed E-state index contributed by atoms with van der Waals surface area (Å²) in [5, 5.41) is 6.65. The Bertz CT molecular complexity index is 486. The number of nitrogens with one attached hydrogen (secondary N) is 2. The summed E-state index contributed by atoms with van der Waals surface area (Å²) in [5.74, 6) is 0.920. The Balaban J connectivity index is 1.46. The minimum atomic E-state index is 0.0370. The Labute approximate surface area is 127 Å². The van der Waals surface area contributed by atoms with Crippen molar-refractivity contribution in [3.05, 3.63) is 35.4 Å². The molecule has 2 aliphatic rings. The van der Waals surface area contributed by atoms with Crippen LogP contribution in [0, 0.1) is 12.8 Å². The predicted molar refractivity (Wildman–Crippen MR) is 85.2 cm³/mol. The number of rotatable bonds is 4. The first kappa shape index (κ1) is 14.6. The quantitative estimate of drug-likeness (QED) is 0.893. The zero-order valence-corrected chi connectivity index (χ0v) is 12.9. The second-order valence-corrected chi connectivity index (χ2v) is 6.57. The molecule has 2 N–H and O–H groups in total. The van der Waals surface area contributed by atoms with E-state index >= 15 is 0 Å². The summed E-state index contributed by atoms with van der Waals surface area (Å²) < 4.78 is 0. The van der Waals surface area contributed by atoms with Crippen LogP contribution in [0.3, 0.4) is 0 Å². The average Bonchev–Trinajstić information content (AvgIpc) is 2.93. The molecule has 3 atom stereocenters. The minimum absolute atomic E-state index is 0.0370. The van der Waals surface area contributed by atoms with Crippen molar-refractivity contribution in [1.29, 1.82) is 0 Å². The Morgan fingerprint density at radius 2 is 2.10 bits per heavy atom. The molecular weight excluding hydrogens is 260 g/mol. The number of fused-ring (bicyclic) bond motifs is 1. The normalized spacial score (nSPS) is 28.1. The summed E-state index contributed by atoms with van der Waals surface area (Å²) in [4.78, 5) is 12.3. The fraction of sp³-hybridized carbons (Fsp3) is 0.611. The lowest BCUT2D eigenvalue weighted by atomic mass is 9.85. The summed E-state index contributed by atoms with van der Waals surface area (Å²) in [6.07, 6.45) is 7.14. The molecule has 1 aliphatic heterocycles. The van der Waals surface area contributed by atoms with Crippen LogP contribution in [0.1, 0.15) is 43.2 Å². The highest BCUT2D eigenvalue weighted by Gasteiger charge is 2.37. The third kappa shape index (κ3) is 3.46. The summed E-state index contributed by atoms with van der Waals surface area (Å²) in [6.45, 7) is 2.86. The number of carbonyl (C=O) groups is 1. The van der Waals surface area contributed by atoms with Crippen LogP contribution in [0.5, 0.6) is 0 Å². The lowest BCUT2D eigenvalue weighted by Crippen LogP contribution is -2.43. The molecule has 1 aromatic carbocycles. The molecule has 0 radical (unpaired) electrons. The van der Waals surface area contributed by atoms with Crippen molar-refractivity contribution in [1.82, 2.24) is 10.6 Å². The van der Waals surface area contributed by atoms with Crippen molar-refractivity contribution >= 4 is 5.91 Å². The highest BCUT2D eigenvalue weighted by Crippen LogP contribution is 2.33. The van der Waals surface area contributed by atoms with E-state index in [0.717, 1.165) is 25.3 Å². The number of hydrogen-bond acceptors (Lipinski definition) is 2. The molecule has 0 aromatic heterocycles. The molecule has 1 saturated carbocycles. The van der Waals surface area contributed by atoms with Gasteiger partial charge in [-0.3, -0.25) is 4.79 Å². The Kier molecular flexibility index (Phi) is 4.59. The smallest absolute Gasteiger partial charge is 0.237 e. The van der Waals surface area contributed by atoms with Crippen LogP contribution in [0.25, 0.3) is 0 Å². The third-order valence-corrected chi connectivity index (χ3v) is 5.13. The van der Waals surface area contributed by atoms with Crippen LogP contribution in [0.15, 0.2) is 24.3 Å². The number of amides is 1. The van der Waals surface area contributed by atoms with Crippen LogP contribution < -0.4 is 10.6 Å². The molecule has 3 heteroatoms. The first-order valence-corrected chi connectivity index (χ1v) is 8.32. The van der Waals surface area contributed by atoms with Gasteiger partial charge in [0.2, 0.25) is 5.91 Å². The monoisotopic (exact) mass is 286 g/mol. The lowest BCUT2D eigenvalue weighted by Gasteiger charge is -2.24. The fourth-order valence-corrected chi connectivity index (χ4v) is 3.86. The second-order valence-electron chi connectivity index (χ2n) is 6.57. The third-order valence-electron chi connectivity index (χ3n) is 5.13. The molecule has 3 nitrogen and oxygen atoms in total. The maximum Gasteiger partial charge on any atom is 0.237 e. The van der Waals surface area contributed by atoms with Gasteiger partial charge in [-0.1, -0.05) is 37.1 Å². The zero-order chi connectivity index (χ0) is 14.7. The number of benzene rings is 1. The molecule has 1 aromatic rings. The predicted octanol–water partition coefficient (Wildman–Crippen LogP) is 2.57. The highest BCUT2D eigenvalue weighted by molar-refractivity contribution is 5.82. The van der Waals surface area contributed by atoms with Crippen molar-refractivity contribution in [3.63, 3.8) is 0 Å². The van der Waals surface area contributed by atoms with Crippen molar-refractivity contribution in [3.8, 4) is 0 Å². The number of carbonyl (C=O) groups excluding carboxylic acids is 1. The van der Waals surface area contributed by atoms with Gasteiger partial charge >= 0.3 is 0 Å². The molecular formula is C18H26N2O. The van der Waals surface area contributed by atoms with E-state index in [1.54, 1.807) is 0 Å². The molecule has 1 amide bonds. The molecule has 1 saturated heterocycles. The summed E-state index contributed by atoms with van der Waals surface area (Å²) >= 11 is 0. The van der Waals surface area contributed by atoms with Gasteiger partial charge in [-0.2, -0.15) is 0 Å². The van der Waals surface area contributed by atoms with Gasteiger partial charge in [0.15, 0.2) is 0 Å². The van der Waals surface area contributed by atoms with Crippen molar-refractivity contribution in [2.24, 2.45) is 5.92 Å². The maximum absolute atomic E-state index is 12.3. The molecule has 21 heavy (non-hydrogen) atoms. The number of aryl methyl sites for hydroxylation is 1. The van der Waals surface area contributed by atoms with Gasteiger partial charge in [0.25, 0.3) is 0 Å². The van der Waals surface area contributed by atoms with E-state index in [1.165, 1.54) is 36.8 Å². The van der Waals surface area contributed by atoms with Crippen LogP contribution in [-0.4, -0.2) is 24.5 Å². The molecule has 1 heterocycles. The van der Waals surface area contributed by atoms with Gasteiger partial charge in [0.1, 0.15) is 0 Å². The van der Waals surface area contributed by atoms with Gasteiger partial charge < -0.3 is 10.6 Å². The van der Waals surface area contributed by atoms with Gasteiger partial charge in [-0.25, -0.2) is 0 Å². The van der Waals surface area contributed by atoms with E-state index in [2.05, 4.69) is 41.8 Å². The molecule has 114 valence electrons. The molecule has 0 bridgehead atoms. The van der Waals surface area contributed by atoms with Crippen molar-refractivity contribution in [2.45, 2.75) is 57.5 Å². The van der Waals surface area contributed by atoms with Crippen LogP contribution >= 0.6 is 0 Å². The first-order chi connectivity index (χ1) is 10.2. The topological polar surface area (TPSA) is 41.1 Å².